The smallest absolute Gasteiger partial charge is 0.308 e. The van der Waals surface area contributed by atoms with Gasteiger partial charge < -0.3 is 9.47 Å². The average Bonchev–Trinajstić information content (AvgIpc) is 3.09. The van der Waals surface area contributed by atoms with Crippen molar-refractivity contribution in [3.63, 3.8) is 0 Å². The number of rotatable bonds is 3. The highest BCUT2D eigenvalue weighted by Gasteiger charge is 2.23. The van der Waals surface area contributed by atoms with Gasteiger partial charge in [0.15, 0.2) is 9.67 Å². The van der Waals surface area contributed by atoms with Crippen molar-refractivity contribution in [2.75, 3.05) is 7.11 Å². The van der Waals surface area contributed by atoms with E-state index in [9.17, 15) is 9.59 Å². The van der Waals surface area contributed by atoms with Crippen molar-refractivity contribution in [2.24, 2.45) is 0 Å². The number of methoxy groups -OCH3 is 1. The van der Waals surface area contributed by atoms with Gasteiger partial charge >= 0.3 is 5.97 Å². The lowest BCUT2D eigenvalue weighted by atomic mass is 10.2. The zero-order valence-electron chi connectivity index (χ0n) is 13.1. The van der Waals surface area contributed by atoms with Crippen molar-refractivity contribution in [1.29, 1.82) is 0 Å². The van der Waals surface area contributed by atoms with E-state index in [0.29, 0.717) is 37.7 Å². The standard InChI is InChI=1S/C16H13BrN2O4S/c1-8-14(23-9(2)20)11-6-10(22-3)4-5-13(11)19(8)15(21)12-7-24-16(17)18-12/h4-7H,1-3H3. The van der Waals surface area contributed by atoms with E-state index in [0.717, 1.165) is 0 Å². The fourth-order valence-corrected chi connectivity index (χ4v) is 3.48. The van der Waals surface area contributed by atoms with Crippen LogP contribution in [-0.4, -0.2) is 28.5 Å². The Morgan fingerprint density at radius 2 is 2.08 bits per heavy atom. The van der Waals surface area contributed by atoms with Crippen molar-refractivity contribution in [2.45, 2.75) is 13.8 Å². The molecule has 0 radical (unpaired) electrons. The molecule has 8 heteroatoms. The van der Waals surface area contributed by atoms with Crippen molar-refractivity contribution < 1.29 is 19.1 Å². The summed E-state index contributed by atoms with van der Waals surface area (Å²) in [6.45, 7) is 3.05. The summed E-state index contributed by atoms with van der Waals surface area (Å²) in [5.74, 6) is 0.211. The summed E-state index contributed by atoms with van der Waals surface area (Å²) in [5.41, 5.74) is 1.47. The maximum Gasteiger partial charge on any atom is 0.308 e. The first-order chi connectivity index (χ1) is 11.4. The second kappa shape index (κ2) is 6.37. The molecule has 0 saturated heterocycles. The number of hydrogen-bond acceptors (Lipinski definition) is 6. The van der Waals surface area contributed by atoms with Crippen molar-refractivity contribution in [1.82, 2.24) is 9.55 Å². The van der Waals surface area contributed by atoms with Gasteiger partial charge in [0.1, 0.15) is 11.4 Å². The normalized spacial score (nSPS) is 10.8. The van der Waals surface area contributed by atoms with Crippen LogP contribution in [0.1, 0.15) is 23.1 Å². The Morgan fingerprint density at radius 1 is 1.33 bits per heavy atom. The lowest BCUT2D eigenvalue weighted by Crippen LogP contribution is -2.14. The van der Waals surface area contributed by atoms with Gasteiger partial charge in [0, 0.05) is 17.7 Å². The van der Waals surface area contributed by atoms with Crippen LogP contribution in [0.4, 0.5) is 0 Å². The summed E-state index contributed by atoms with van der Waals surface area (Å²) in [6.07, 6.45) is 0. The number of hydrogen-bond donors (Lipinski definition) is 0. The number of esters is 1. The van der Waals surface area contributed by atoms with Crippen LogP contribution in [0.2, 0.25) is 0 Å². The molecule has 0 amide bonds. The number of halogens is 1. The number of nitrogens with zero attached hydrogens (tertiary/aromatic N) is 2. The highest BCUT2D eigenvalue weighted by atomic mass is 79.9. The predicted octanol–water partition coefficient (Wildman–Crippen LogP) is 3.79. The van der Waals surface area contributed by atoms with Crippen LogP contribution in [0.5, 0.6) is 11.5 Å². The highest BCUT2D eigenvalue weighted by molar-refractivity contribution is 9.11. The van der Waals surface area contributed by atoms with Crippen LogP contribution in [0, 0.1) is 6.92 Å². The third kappa shape index (κ3) is 2.83. The Hall–Kier alpha value is -2.19. The maximum atomic E-state index is 12.9. The Morgan fingerprint density at radius 3 is 2.67 bits per heavy atom. The van der Waals surface area contributed by atoms with Gasteiger partial charge in [0.05, 0.1) is 18.3 Å². The van der Waals surface area contributed by atoms with E-state index in [-0.39, 0.29) is 5.91 Å². The predicted molar refractivity (Wildman–Crippen MR) is 94.1 cm³/mol. The van der Waals surface area contributed by atoms with E-state index >= 15 is 0 Å². The maximum absolute atomic E-state index is 12.9. The molecule has 0 fully saturated rings. The van der Waals surface area contributed by atoms with E-state index in [1.54, 1.807) is 37.6 Å². The molecule has 0 aliphatic carbocycles. The summed E-state index contributed by atoms with van der Waals surface area (Å²) in [5, 5.41) is 2.30. The fourth-order valence-electron chi connectivity index (χ4n) is 2.49. The molecule has 124 valence electrons. The van der Waals surface area contributed by atoms with Gasteiger partial charge in [-0.3, -0.25) is 14.2 Å². The topological polar surface area (TPSA) is 70.4 Å². The van der Waals surface area contributed by atoms with Crippen LogP contribution in [0.3, 0.4) is 0 Å². The minimum absolute atomic E-state index is 0.289. The number of carbonyl (C=O) groups excluding carboxylic acids is 2. The van der Waals surface area contributed by atoms with Gasteiger partial charge in [-0.25, -0.2) is 4.98 Å². The molecule has 1 aromatic carbocycles. The number of thiazole rings is 1. The first kappa shape index (κ1) is 16.7. The second-order valence-electron chi connectivity index (χ2n) is 5.02. The molecule has 0 atom stereocenters. The monoisotopic (exact) mass is 408 g/mol. The van der Waals surface area contributed by atoms with Gasteiger partial charge in [-0.15, -0.1) is 11.3 Å². The number of fused-ring (bicyclic) bond motifs is 1. The van der Waals surface area contributed by atoms with Gasteiger partial charge in [-0.2, -0.15) is 0 Å². The number of aromatic nitrogens is 2. The molecule has 0 aliphatic heterocycles. The SMILES string of the molecule is COc1ccc2c(c1)c(OC(C)=O)c(C)n2C(=O)c1csc(Br)n1. The molecule has 2 aromatic heterocycles. The van der Waals surface area contributed by atoms with E-state index < -0.39 is 5.97 Å². The average molecular weight is 409 g/mol. The molecular formula is C16H13BrN2O4S. The largest absolute Gasteiger partial charge is 0.497 e. The second-order valence-corrected chi connectivity index (χ2v) is 7.15. The third-order valence-corrected chi connectivity index (χ3v) is 4.86. The van der Waals surface area contributed by atoms with E-state index in [4.69, 9.17) is 9.47 Å². The van der Waals surface area contributed by atoms with Crippen LogP contribution < -0.4 is 9.47 Å². The molecule has 6 nitrogen and oxygen atoms in total. The number of ether oxygens (including phenoxy) is 2. The summed E-state index contributed by atoms with van der Waals surface area (Å²) in [4.78, 5) is 28.5. The zero-order chi connectivity index (χ0) is 17.4. The Bertz CT molecular complexity index is 961. The van der Waals surface area contributed by atoms with Gasteiger partial charge in [-0.05, 0) is 41.1 Å². The van der Waals surface area contributed by atoms with E-state index in [2.05, 4.69) is 20.9 Å². The van der Waals surface area contributed by atoms with Crippen LogP contribution in [0.15, 0.2) is 27.5 Å². The van der Waals surface area contributed by atoms with Crippen LogP contribution in [-0.2, 0) is 4.79 Å². The summed E-state index contributed by atoms with van der Waals surface area (Å²) >= 11 is 4.59. The fraction of sp³-hybridized carbons (Fsp3) is 0.188. The molecular weight excluding hydrogens is 396 g/mol. The quantitative estimate of drug-likeness (QED) is 0.616. The first-order valence-corrected chi connectivity index (χ1v) is 8.63. The molecule has 3 aromatic rings. The van der Waals surface area contributed by atoms with Gasteiger partial charge in [0.2, 0.25) is 0 Å². The van der Waals surface area contributed by atoms with Crippen molar-refractivity contribution in [3.8, 4) is 11.5 Å². The first-order valence-electron chi connectivity index (χ1n) is 6.95. The van der Waals surface area contributed by atoms with E-state index in [1.165, 1.54) is 22.8 Å². The van der Waals surface area contributed by atoms with Crippen molar-refractivity contribution in [3.05, 3.63) is 38.9 Å². The Balaban J connectivity index is 2.25. The molecule has 2 heterocycles. The Labute approximate surface area is 150 Å². The van der Waals surface area contributed by atoms with Gasteiger partial charge in [0.25, 0.3) is 5.91 Å². The highest BCUT2D eigenvalue weighted by Crippen LogP contribution is 2.36. The third-order valence-electron chi connectivity index (χ3n) is 3.50. The Kier molecular flexibility index (Phi) is 4.42. The molecule has 0 saturated carbocycles. The summed E-state index contributed by atoms with van der Waals surface area (Å²) in [6, 6.07) is 5.24. The zero-order valence-corrected chi connectivity index (χ0v) is 15.5. The van der Waals surface area contributed by atoms with Gasteiger partial charge in [-0.1, -0.05) is 0 Å². The summed E-state index contributed by atoms with van der Waals surface area (Å²) in [7, 11) is 1.55. The van der Waals surface area contributed by atoms with Crippen LogP contribution in [0.25, 0.3) is 10.9 Å². The summed E-state index contributed by atoms with van der Waals surface area (Å²) < 4.78 is 12.7. The molecule has 0 spiro atoms. The minimum atomic E-state index is -0.455. The minimum Gasteiger partial charge on any atom is -0.497 e. The van der Waals surface area contributed by atoms with Crippen LogP contribution >= 0.6 is 27.3 Å². The molecule has 0 bridgehead atoms. The lowest BCUT2D eigenvalue weighted by molar-refractivity contribution is -0.131. The molecule has 3 rings (SSSR count). The number of carbonyl (C=O) groups is 2. The lowest BCUT2D eigenvalue weighted by Gasteiger charge is -2.05. The molecule has 0 unspecified atom stereocenters. The molecule has 0 N–H and O–H groups in total. The van der Waals surface area contributed by atoms with Crippen molar-refractivity contribution >= 4 is 50.0 Å². The molecule has 0 aliphatic rings. The number of benzene rings is 1. The van der Waals surface area contributed by atoms with E-state index in [1.807, 2.05) is 0 Å². The molecule has 24 heavy (non-hydrogen) atoms.